The number of sulfone groups is 1. The number of pyridine rings is 1. The van der Waals surface area contributed by atoms with Crippen molar-refractivity contribution >= 4 is 55.6 Å². The Kier molecular flexibility index (Phi) is 9.22. The Morgan fingerprint density at radius 2 is 1.89 bits per heavy atom. The van der Waals surface area contributed by atoms with Crippen molar-refractivity contribution in [2.45, 2.75) is 49.4 Å². The number of carboxylic acids is 1. The van der Waals surface area contributed by atoms with Gasteiger partial charge in [0.2, 0.25) is 5.91 Å². The molecule has 0 bridgehead atoms. The molecule has 3 atom stereocenters. The molecule has 1 unspecified atom stereocenters. The van der Waals surface area contributed by atoms with E-state index in [4.69, 9.17) is 22.1 Å². The lowest BCUT2D eigenvalue weighted by atomic mass is 9.93. The molecule has 10 nitrogen and oxygen atoms in total. The molecule has 4 N–H and O–H groups in total. The lowest BCUT2D eigenvalue weighted by Gasteiger charge is -2.33. The van der Waals surface area contributed by atoms with Crippen LogP contribution in [0.1, 0.15) is 50.4 Å². The molecule has 12 heteroatoms. The molecular formula is C33H35ClN4O6S. The first-order valence-electron chi connectivity index (χ1n) is 14.6. The Labute approximate surface area is 267 Å². The quantitative estimate of drug-likeness (QED) is 0.191. The molecule has 4 aromatic rings. The van der Waals surface area contributed by atoms with Gasteiger partial charge in [0.05, 0.1) is 33.7 Å². The summed E-state index contributed by atoms with van der Waals surface area (Å²) in [7, 11) is -3.80. The van der Waals surface area contributed by atoms with Gasteiger partial charge in [-0.25, -0.2) is 13.4 Å². The largest absolute Gasteiger partial charge is 0.492 e. The summed E-state index contributed by atoms with van der Waals surface area (Å²) in [4.78, 5) is 32.9. The molecule has 236 valence electrons. The van der Waals surface area contributed by atoms with Gasteiger partial charge in [-0.3, -0.25) is 9.59 Å². The molecule has 1 fully saturated rings. The summed E-state index contributed by atoms with van der Waals surface area (Å²) >= 11 is 6.39. The van der Waals surface area contributed by atoms with Crippen LogP contribution in [0.15, 0.2) is 77.8 Å². The summed E-state index contributed by atoms with van der Waals surface area (Å²) in [5.74, 6) is -1.79. The van der Waals surface area contributed by atoms with Crippen molar-refractivity contribution in [2.75, 3.05) is 24.2 Å². The fourth-order valence-corrected chi connectivity index (χ4v) is 7.26. The van der Waals surface area contributed by atoms with Crippen molar-refractivity contribution in [3.63, 3.8) is 0 Å². The second-order valence-electron chi connectivity index (χ2n) is 11.2. The fourth-order valence-electron chi connectivity index (χ4n) is 5.80. The summed E-state index contributed by atoms with van der Waals surface area (Å²) in [5, 5.41) is 14.8. The van der Waals surface area contributed by atoms with Crippen LogP contribution in [0.3, 0.4) is 0 Å². The zero-order chi connectivity index (χ0) is 32.5. The molecule has 0 spiro atoms. The van der Waals surface area contributed by atoms with Crippen LogP contribution in [0.5, 0.6) is 5.75 Å². The number of carbonyl (C=O) groups excluding carboxylic acids is 1. The predicted molar refractivity (Wildman–Crippen MR) is 174 cm³/mol. The maximum Gasteiger partial charge on any atom is 0.309 e. The van der Waals surface area contributed by atoms with E-state index >= 15 is 0 Å². The van der Waals surface area contributed by atoms with Gasteiger partial charge in [0.1, 0.15) is 17.6 Å². The third-order valence-electron chi connectivity index (χ3n) is 8.10. The van der Waals surface area contributed by atoms with Crippen molar-refractivity contribution in [3.05, 3.63) is 89.1 Å². The summed E-state index contributed by atoms with van der Waals surface area (Å²) in [6.07, 6.45) is 1.75. The average molecular weight is 651 g/mol. The minimum atomic E-state index is -3.80. The second-order valence-corrected chi connectivity index (χ2v) is 14.1. The van der Waals surface area contributed by atoms with Crippen LogP contribution in [-0.2, 0) is 19.4 Å². The van der Waals surface area contributed by atoms with Gasteiger partial charge in [0, 0.05) is 23.8 Å². The third kappa shape index (κ3) is 6.27. The molecule has 1 aliphatic rings. The second kappa shape index (κ2) is 12.9. The number of ether oxygens (including phenoxy) is 1. The highest BCUT2D eigenvalue weighted by molar-refractivity contribution is 7.92. The molecule has 3 aromatic carbocycles. The number of carbonyl (C=O) groups is 2. The number of nitrogen functional groups attached to an aromatic ring is 1. The molecule has 1 saturated heterocycles. The van der Waals surface area contributed by atoms with E-state index in [-0.39, 0.29) is 23.4 Å². The number of hydrogen-bond donors (Lipinski definition) is 3. The fraction of sp³-hybridized carbons (Fsp3) is 0.303. The smallest absolute Gasteiger partial charge is 0.309 e. The molecule has 0 radical (unpaired) electrons. The average Bonchev–Trinajstić information content (AvgIpc) is 3.46. The number of hydrogen-bond acceptors (Lipinski definition) is 8. The number of nitrogens with two attached hydrogens (primary N) is 1. The Morgan fingerprint density at radius 1 is 1.13 bits per heavy atom. The molecule has 2 heterocycles. The minimum Gasteiger partial charge on any atom is -0.492 e. The molecule has 1 aliphatic heterocycles. The lowest BCUT2D eigenvalue weighted by molar-refractivity contribution is -0.143. The van der Waals surface area contributed by atoms with Crippen LogP contribution >= 0.6 is 11.6 Å². The molecule has 0 saturated carbocycles. The number of rotatable bonds is 10. The number of aliphatic carboxylic acids is 1. The maximum atomic E-state index is 14.7. The van der Waals surface area contributed by atoms with Crippen LogP contribution in [0.2, 0.25) is 5.02 Å². The van der Waals surface area contributed by atoms with Gasteiger partial charge >= 0.3 is 5.97 Å². The van der Waals surface area contributed by atoms with E-state index in [2.05, 4.69) is 10.3 Å². The highest BCUT2D eigenvalue weighted by Crippen LogP contribution is 2.43. The van der Waals surface area contributed by atoms with Crippen LogP contribution in [-0.4, -0.2) is 53.7 Å². The number of amides is 1. The summed E-state index contributed by atoms with van der Waals surface area (Å²) < 4.78 is 32.6. The Balaban J connectivity index is 1.63. The number of nitrogens with zero attached hydrogens (tertiary/aromatic N) is 2. The van der Waals surface area contributed by atoms with Crippen LogP contribution in [0.25, 0.3) is 10.8 Å². The number of anilines is 2. The molecule has 5 rings (SSSR count). The van der Waals surface area contributed by atoms with Gasteiger partial charge in [-0.2, -0.15) is 0 Å². The normalized spacial score (nSPS) is 17.4. The molecule has 0 aliphatic carbocycles. The van der Waals surface area contributed by atoms with Crippen molar-refractivity contribution in [1.82, 2.24) is 9.88 Å². The van der Waals surface area contributed by atoms with Gasteiger partial charge in [-0.1, -0.05) is 35.9 Å². The number of nitrogens with one attached hydrogen (secondary N) is 1. The number of fused-ring (bicyclic) bond motifs is 1. The van der Waals surface area contributed by atoms with Crippen molar-refractivity contribution in [3.8, 4) is 5.75 Å². The highest BCUT2D eigenvalue weighted by Gasteiger charge is 2.46. The SMILES string of the molecule is CCOc1cc(C(Nc2ccc3c(N)nccc3c2)C(=O)N2CC[C@@H](C(=O)O)[C@H]2c2ccccc2S(=O)(=O)C(C)C)ccc1Cl. The zero-order valence-electron chi connectivity index (χ0n) is 25.1. The van der Waals surface area contributed by atoms with E-state index in [1.807, 2.05) is 19.1 Å². The number of carboxylic acid groups (broad SMARTS) is 1. The first kappa shape index (κ1) is 32.1. The van der Waals surface area contributed by atoms with E-state index in [9.17, 15) is 23.1 Å². The molecular weight excluding hydrogens is 616 g/mol. The number of likely N-dealkylation sites (tertiary alicyclic amines) is 1. The van der Waals surface area contributed by atoms with Gasteiger partial charge in [0.15, 0.2) is 9.84 Å². The standard InChI is InChI=1S/C33H35ClN4O6S/c1-4-44-27-18-21(9-12-26(27)34)29(37-22-10-11-23-20(17-22)13-15-36-31(23)35)32(39)38-16-14-25(33(40)41)30(38)24-7-5-6-8-28(24)45(42,43)19(2)3/h5-13,15,17-19,25,29-30,37H,4,14,16H2,1-3H3,(H2,35,36)(H,40,41)/t25-,29?,30-/m1/s1. The van der Waals surface area contributed by atoms with E-state index in [0.717, 1.165) is 10.8 Å². The van der Waals surface area contributed by atoms with Crippen LogP contribution in [0, 0.1) is 5.92 Å². The van der Waals surface area contributed by atoms with E-state index in [1.54, 1.807) is 68.6 Å². The molecule has 1 amide bonds. The lowest BCUT2D eigenvalue weighted by Crippen LogP contribution is -2.40. The zero-order valence-corrected chi connectivity index (χ0v) is 26.7. The van der Waals surface area contributed by atoms with Crippen molar-refractivity contribution in [2.24, 2.45) is 5.92 Å². The Bertz CT molecular complexity index is 1870. The molecule has 45 heavy (non-hydrogen) atoms. The Hall–Kier alpha value is -4.35. The van der Waals surface area contributed by atoms with Crippen LogP contribution < -0.4 is 15.8 Å². The first-order chi connectivity index (χ1) is 21.4. The van der Waals surface area contributed by atoms with E-state index in [1.165, 1.54) is 11.0 Å². The van der Waals surface area contributed by atoms with Gasteiger partial charge in [-0.05, 0) is 86.2 Å². The van der Waals surface area contributed by atoms with Crippen LogP contribution in [0.4, 0.5) is 11.5 Å². The van der Waals surface area contributed by atoms with Crippen molar-refractivity contribution in [1.29, 1.82) is 0 Å². The monoisotopic (exact) mass is 650 g/mol. The number of benzene rings is 3. The molecule has 1 aromatic heterocycles. The predicted octanol–water partition coefficient (Wildman–Crippen LogP) is 5.88. The summed E-state index contributed by atoms with van der Waals surface area (Å²) in [6.45, 7) is 5.43. The van der Waals surface area contributed by atoms with Gasteiger partial charge in [0.25, 0.3) is 0 Å². The maximum absolute atomic E-state index is 14.7. The van der Waals surface area contributed by atoms with E-state index < -0.39 is 45.0 Å². The highest BCUT2D eigenvalue weighted by atomic mass is 35.5. The Morgan fingerprint density at radius 3 is 2.60 bits per heavy atom. The van der Waals surface area contributed by atoms with Gasteiger partial charge in [-0.15, -0.1) is 0 Å². The summed E-state index contributed by atoms with van der Waals surface area (Å²) in [6, 6.07) is 16.6. The first-order valence-corrected chi connectivity index (χ1v) is 16.6. The minimum absolute atomic E-state index is 0.0197. The van der Waals surface area contributed by atoms with Crippen molar-refractivity contribution < 1.29 is 27.9 Å². The van der Waals surface area contributed by atoms with E-state index in [0.29, 0.717) is 34.4 Å². The van der Waals surface area contributed by atoms with Gasteiger partial charge < -0.3 is 25.8 Å². The summed E-state index contributed by atoms with van der Waals surface area (Å²) in [5.41, 5.74) is 7.46. The number of aromatic nitrogens is 1. The third-order valence-corrected chi connectivity index (χ3v) is 10.6. The number of halogens is 1. The topological polar surface area (TPSA) is 152 Å².